The number of nitrogens with one attached hydrogen (secondary N) is 1. The van der Waals surface area contributed by atoms with Gasteiger partial charge in [-0.2, -0.15) is 13.2 Å². The van der Waals surface area contributed by atoms with E-state index >= 15 is 0 Å². The summed E-state index contributed by atoms with van der Waals surface area (Å²) in [4.78, 5) is 44.2. The van der Waals surface area contributed by atoms with Crippen molar-refractivity contribution in [1.82, 2.24) is 4.90 Å². The number of nitrogens with zero attached hydrogens (tertiary/aromatic N) is 3. The maximum atomic E-state index is 12.5. The van der Waals surface area contributed by atoms with Gasteiger partial charge >= 0.3 is 17.8 Å². The van der Waals surface area contributed by atoms with Gasteiger partial charge in [-0.05, 0) is 12.0 Å². The molecule has 10 nitrogen and oxygen atoms in total. The number of rotatable bonds is 3. The van der Waals surface area contributed by atoms with Crippen LogP contribution >= 0.6 is 0 Å². The van der Waals surface area contributed by atoms with Gasteiger partial charge in [0, 0.05) is 19.5 Å². The lowest BCUT2D eigenvalue weighted by atomic mass is 9.95. The Bertz CT molecular complexity index is 823. The molecular weight excluding hydrogens is 365 g/mol. The minimum Gasteiger partial charge on any atom is -0.338 e. The number of hydrogen-bond donors (Lipinski definition) is 1. The molecule has 0 spiro atoms. The zero-order valence-electron chi connectivity index (χ0n) is 13.1. The molecule has 1 aromatic rings. The lowest BCUT2D eigenvalue weighted by molar-refractivity contribution is -0.393. The van der Waals surface area contributed by atoms with Gasteiger partial charge in [-0.25, -0.2) is 0 Å². The molecule has 1 aromatic carbocycles. The number of fused-ring (bicyclic) bond motifs is 1. The first-order chi connectivity index (χ1) is 11.9. The third-order valence-corrected chi connectivity index (χ3v) is 3.80. The molecule has 2 amide bonds. The number of benzene rings is 1. The molecule has 26 heavy (non-hydrogen) atoms. The number of nitro groups is 2. The standard InChI is InChI=1S/C13H11F3N4O6/c1-6(21)18-3-2-7-4-9(19(23)24)10(17-12(22)13(14,15)16)11(20(25)26)8(7)5-18/h4H,2-3,5H2,1H3,(H,17,22). The van der Waals surface area contributed by atoms with E-state index in [-0.39, 0.29) is 30.6 Å². The zero-order chi connectivity index (χ0) is 19.8. The van der Waals surface area contributed by atoms with Crippen LogP contribution in [0.1, 0.15) is 18.1 Å². The molecule has 0 saturated carbocycles. The van der Waals surface area contributed by atoms with E-state index in [0.717, 1.165) is 6.07 Å². The first kappa shape index (κ1) is 19.1. The van der Waals surface area contributed by atoms with Gasteiger partial charge < -0.3 is 10.2 Å². The molecule has 0 aromatic heterocycles. The van der Waals surface area contributed by atoms with Crippen molar-refractivity contribution in [2.75, 3.05) is 11.9 Å². The molecular formula is C13H11F3N4O6. The minimum absolute atomic E-state index is 0.0457. The molecule has 0 fully saturated rings. The van der Waals surface area contributed by atoms with Crippen LogP contribution in [0.4, 0.5) is 30.2 Å². The quantitative estimate of drug-likeness (QED) is 0.632. The Balaban J connectivity index is 2.70. The van der Waals surface area contributed by atoms with E-state index in [1.165, 1.54) is 17.1 Å². The highest BCUT2D eigenvalue weighted by Gasteiger charge is 2.43. The summed E-state index contributed by atoms with van der Waals surface area (Å²) in [5, 5.41) is 23.8. The van der Waals surface area contributed by atoms with Crippen LogP contribution in [0.25, 0.3) is 0 Å². The Kier molecular flexibility index (Phi) is 4.82. The van der Waals surface area contributed by atoms with Gasteiger partial charge in [0.25, 0.3) is 5.69 Å². The molecule has 1 aliphatic heterocycles. The topological polar surface area (TPSA) is 136 Å². The molecule has 140 valence electrons. The van der Waals surface area contributed by atoms with Gasteiger partial charge in [-0.15, -0.1) is 0 Å². The van der Waals surface area contributed by atoms with E-state index in [1.54, 1.807) is 0 Å². The van der Waals surface area contributed by atoms with E-state index in [9.17, 15) is 43.0 Å². The third kappa shape index (κ3) is 3.55. The molecule has 0 unspecified atom stereocenters. The fourth-order valence-electron chi connectivity index (χ4n) is 2.60. The Morgan fingerprint density at radius 1 is 1.23 bits per heavy atom. The molecule has 0 aliphatic carbocycles. The van der Waals surface area contributed by atoms with Crippen LogP contribution in [-0.2, 0) is 22.6 Å². The van der Waals surface area contributed by atoms with E-state index in [1.807, 2.05) is 0 Å². The second kappa shape index (κ2) is 6.57. The average Bonchev–Trinajstić information content (AvgIpc) is 2.51. The number of hydrogen-bond acceptors (Lipinski definition) is 6. The molecule has 0 radical (unpaired) electrons. The highest BCUT2D eigenvalue weighted by Crippen LogP contribution is 2.42. The fraction of sp³-hybridized carbons (Fsp3) is 0.385. The lowest BCUT2D eigenvalue weighted by Gasteiger charge is -2.28. The summed E-state index contributed by atoms with van der Waals surface area (Å²) in [5.41, 5.74) is -3.21. The highest BCUT2D eigenvalue weighted by molar-refractivity contribution is 6.00. The minimum atomic E-state index is -5.40. The molecule has 1 heterocycles. The molecule has 0 bridgehead atoms. The number of anilines is 1. The maximum Gasteiger partial charge on any atom is 0.471 e. The van der Waals surface area contributed by atoms with Crippen molar-refractivity contribution in [3.05, 3.63) is 37.4 Å². The maximum absolute atomic E-state index is 12.5. The highest BCUT2D eigenvalue weighted by atomic mass is 19.4. The molecule has 13 heteroatoms. The number of carbonyl (C=O) groups excluding carboxylic acids is 2. The first-order valence-corrected chi connectivity index (χ1v) is 7.04. The Hall–Kier alpha value is -3.25. The van der Waals surface area contributed by atoms with Crippen molar-refractivity contribution in [3.63, 3.8) is 0 Å². The number of carbonyl (C=O) groups is 2. The van der Waals surface area contributed by atoms with Crippen LogP contribution < -0.4 is 5.32 Å². The summed E-state index contributed by atoms with van der Waals surface area (Å²) >= 11 is 0. The Morgan fingerprint density at radius 2 is 1.85 bits per heavy atom. The summed E-state index contributed by atoms with van der Waals surface area (Å²) in [7, 11) is 0. The van der Waals surface area contributed by atoms with Gasteiger partial charge in [0.05, 0.1) is 22.0 Å². The summed E-state index contributed by atoms with van der Waals surface area (Å²) in [5.74, 6) is -3.01. The van der Waals surface area contributed by atoms with Crippen LogP contribution in [0.3, 0.4) is 0 Å². The monoisotopic (exact) mass is 376 g/mol. The van der Waals surface area contributed by atoms with Crippen molar-refractivity contribution in [2.24, 2.45) is 0 Å². The lowest BCUT2D eigenvalue weighted by Crippen LogP contribution is -2.35. The van der Waals surface area contributed by atoms with Crippen molar-refractivity contribution in [3.8, 4) is 0 Å². The van der Waals surface area contributed by atoms with Crippen LogP contribution in [0.15, 0.2) is 6.07 Å². The zero-order valence-corrected chi connectivity index (χ0v) is 13.1. The van der Waals surface area contributed by atoms with Gasteiger partial charge in [-0.1, -0.05) is 0 Å². The first-order valence-electron chi connectivity index (χ1n) is 7.04. The Morgan fingerprint density at radius 3 is 2.31 bits per heavy atom. The summed E-state index contributed by atoms with van der Waals surface area (Å²) < 4.78 is 37.5. The van der Waals surface area contributed by atoms with Crippen LogP contribution in [-0.4, -0.2) is 39.3 Å². The number of alkyl halides is 3. The Labute approximate surface area is 142 Å². The molecule has 1 N–H and O–H groups in total. The van der Waals surface area contributed by atoms with Gasteiger partial charge in [0.1, 0.15) is 0 Å². The predicted octanol–water partition coefficient (Wildman–Crippen LogP) is 1.91. The average molecular weight is 376 g/mol. The summed E-state index contributed by atoms with van der Waals surface area (Å²) in [6.07, 6.45) is -5.35. The number of amides is 2. The van der Waals surface area contributed by atoms with Crippen molar-refractivity contribution in [2.45, 2.75) is 26.1 Å². The predicted molar refractivity (Wildman–Crippen MR) is 79.2 cm³/mol. The second-order valence-electron chi connectivity index (χ2n) is 5.41. The van der Waals surface area contributed by atoms with Crippen molar-refractivity contribution >= 4 is 28.9 Å². The van der Waals surface area contributed by atoms with E-state index < -0.39 is 44.9 Å². The van der Waals surface area contributed by atoms with Gasteiger partial charge in [0.15, 0.2) is 5.69 Å². The number of nitro benzene ring substituents is 2. The smallest absolute Gasteiger partial charge is 0.338 e. The van der Waals surface area contributed by atoms with E-state index in [4.69, 9.17) is 0 Å². The van der Waals surface area contributed by atoms with E-state index in [2.05, 4.69) is 0 Å². The van der Waals surface area contributed by atoms with E-state index in [0.29, 0.717) is 0 Å². The fourth-order valence-corrected chi connectivity index (χ4v) is 2.60. The van der Waals surface area contributed by atoms with Crippen LogP contribution in [0.5, 0.6) is 0 Å². The molecule has 0 saturated heterocycles. The van der Waals surface area contributed by atoms with Crippen molar-refractivity contribution in [1.29, 1.82) is 0 Å². The van der Waals surface area contributed by atoms with Crippen LogP contribution in [0.2, 0.25) is 0 Å². The third-order valence-electron chi connectivity index (χ3n) is 3.80. The summed E-state index contributed by atoms with van der Waals surface area (Å²) in [6, 6.07) is 0.881. The largest absolute Gasteiger partial charge is 0.471 e. The second-order valence-corrected chi connectivity index (χ2v) is 5.41. The van der Waals surface area contributed by atoms with Gasteiger partial charge in [-0.3, -0.25) is 29.8 Å². The SMILES string of the molecule is CC(=O)N1CCc2cc([N+](=O)[O-])c(NC(=O)C(F)(F)F)c([N+](=O)[O-])c2C1. The summed E-state index contributed by atoms with van der Waals surface area (Å²) in [6.45, 7) is 1.04. The molecule has 2 rings (SSSR count). The van der Waals surface area contributed by atoms with Crippen LogP contribution in [0, 0.1) is 20.2 Å². The van der Waals surface area contributed by atoms with Crippen molar-refractivity contribution < 1.29 is 32.6 Å². The van der Waals surface area contributed by atoms with Gasteiger partial charge in [0.2, 0.25) is 5.91 Å². The molecule has 0 atom stereocenters. The normalized spacial score (nSPS) is 13.8. The number of halogens is 3. The molecule has 1 aliphatic rings.